The van der Waals surface area contributed by atoms with E-state index in [1.54, 1.807) is 18.7 Å². The number of sulfone groups is 1. The lowest BCUT2D eigenvalue weighted by atomic mass is 10.1. The van der Waals surface area contributed by atoms with Crippen LogP contribution >= 0.6 is 0 Å². The molecule has 0 saturated heterocycles. The summed E-state index contributed by atoms with van der Waals surface area (Å²) in [6.07, 6.45) is -1.01. The van der Waals surface area contributed by atoms with Crippen LogP contribution in [0, 0.1) is 11.6 Å². The summed E-state index contributed by atoms with van der Waals surface area (Å²) in [6.45, 7) is 5.92. The topological polar surface area (TPSA) is 57.6 Å². The third-order valence-corrected chi connectivity index (χ3v) is 5.57. The van der Waals surface area contributed by atoms with E-state index < -0.39 is 27.6 Å². The van der Waals surface area contributed by atoms with Crippen molar-refractivity contribution in [3.63, 3.8) is 0 Å². The monoisotopic (exact) mass is 335 g/mol. The van der Waals surface area contributed by atoms with Crippen LogP contribution in [0.25, 0.3) is 0 Å². The maximum Gasteiger partial charge on any atom is 0.159 e. The molecule has 0 aromatic heterocycles. The Kier molecular flexibility index (Phi) is 6.90. The van der Waals surface area contributed by atoms with Crippen LogP contribution in [0.4, 0.5) is 8.78 Å². The summed E-state index contributed by atoms with van der Waals surface area (Å²) in [7, 11) is -3.12. The molecule has 0 spiro atoms. The average Bonchev–Trinajstić information content (AvgIpc) is 2.46. The minimum absolute atomic E-state index is 0.00182. The van der Waals surface area contributed by atoms with Crippen molar-refractivity contribution in [3.05, 3.63) is 35.4 Å². The zero-order valence-electron chi connectivity index (χ0n) is 13.1. The van der Waals surface area contributed by atoms with Gasteiger partial charge in [0, 0.05) is 18.3 Å². The molecule has 0 bridgehead atoms. The summed E-state index contributed by atoms with van der Waals surface area (Å²) in [5.41, 5.74) is 0.267. The smallest absolute Gasteiger partial charge is 0.159 e. The van der Waals surface area contributed by atoms with Gasteiger partial charge in [-0.15, -0.1) is 0 Å². The van der Waals surface area contributed by atoms with Crippen LogP contribution in [0.5, 0.6) is 0 Å². The van der Waals surface area contributed by atoms with Gasteiger partial charge >= 0.3 is 0 Å². The van der Waals surface area contributed by atoms with Crippen LogP contribution in [0.1, 0.15) is 32.4 Å². The standard InChI is InChI=1S/C15H23F2NO3S/c1-4-18(11(3)10-22(20,21)5-2)9-15(19)12-6-7-13(16)14(17)8-12/h6-8,11,15,19H,4-5,9-10H2,1-3H3. The van der Waals surface area contributed by atoms with Crippen molar-refractivity contribution in [1.82, 2.24) is 4.90 Å². The molecule has 0 aliphatic carbocycles. The highest BCUT2D eigenvalue weighted by atomic mass is 32.2. The summed E-state index contributed by atoms with van der Waals surface area (Å²) in [6, 6.07) is 2.98. The Morgan fingerprint density at radius 2 is 1.86 bits per heavy atom. The molecule has 0 saturated carbocycles. The molecule has 1 rings (SSSR count). The van der Waals surface area contributed by atoms with Gasteiger partial charge < -0.3 is 5.11 Å². The highest BCUT2D eigenvalue weighted by Gasteiger charge is 2.22. The number of aliphatic hydroxyl groups is 1. The fraction of sp³-hybridized carbons (Fsp3) is 0.600. The highest BCUT2D eigenvalue weighted by molar-refractivity contribution is 7.91. The molecule has 1 aromatic rings. The van der Waals surface area contributed by atoms with E-state index in [1.807, 2.05) is 6.92 Å². The Hall–Kier alpha value is -1.05. The van der Waals surface area contributed by atoms with Crippen molar-refractivity contribution in [3.8, 4) is 0 Å². The molecule has 1 N–H and O–H groups in total. The van der Waals surface area contributed by atoms with Crippen molar-refractivity contribution >= 4 is 9.84 Å². The fourth-order valence-electron chi connectivity index (χ4n) is 2.26. The maximum absolute atomic E-state index is 13.2. The van der Waals surface area contributed by atoms with Gasteiger partial charge in [0.05, 0.1) is 11.9 Å². The van der Waals surface area contributed by atoms with Gasteiger partial charge in [-0.25, -0.2) is 17.2 Å². The Balaban J connectivity index is 2.78. The SMILES string of the molecule is CCN(CC(O)c1ccc(F)c(F)c1)C(C)CS(=O)(=O)CC. The molecule has 126 valence electrons. The molecule has 2 atom stereocenters. The zero-order valence-corrected chi connectivity index (χ0v) is 13.9. The van der Waals surface area contributed by atoms with Gasteiger partial charge in [0.15, 0.2) is 21.5 Å². The predicted octanol–water partition coefficient (Wildman–Crippen LogP) is 2.14. The molecule has 2 unspecified atom stereocenters. The van der Waals surface area contributed by atoms with Gasteiger partial charge in [0.2, 0.25) is 0 Å². The first-order chi connectivity index (χ1) is 10.2. The number of hydrogen-bond acceptors (Lipinski definition) is 4. The van der Waals surface area contributed by atoms with Crippen molar-refractivity contribution in [2.75, 3.05) is 24.6 Å². The van der Waals surface area contributed by atoms with Crippen LogP contribution in [0.15, 0.2) is 18.2 Å². The number of halogens is 2. The van der Waals surface area contributed by atoms with Gasteiger partial charge in [0.1, 0.15) is 0 Å². The number of nitrogens with zero attached hydrogens (tertiary/aromatic N) is 1. The lowest BCUT2D eigenvalue weighted by molar-refractivity contribution is 0.0995. The summed E-state index contributed by atoms with van der Waals surface area (Å²) in [5, 5.41) is 10.2. The molecular formula is C15H23F2NO3S. The predicted molar refractivity (Wildman–Crippen MR) is 82.4 cm³/mol. The molecule has 0 fully saturated rings. The second-order valence-electron chi connectivity index (χ2n) is 5.32. The molecule has 0 aliphatic rings. The Morgan fingerprint density at radius 3 is 2.36 bits per heavy atom. The third-order valence-electron chi connectivity index (χ3n) is 3.70. The first-order valence-electron chi connectivity index (χ1n) is 7.27. The van der Waals surface area contributed by atoms with Gasteiger partial charge in [-0.3, -0.25) is 4.90 Å². The van der Waals surface area contributed by atoms with Gasteiger partial charge in [-0.05, 0) is 31.2 Å². The van der Waals surface area contributed by atoms with E-state index >= 15 is 0 Å². The van der Waals surface area contributed by atoms with Crippen molar-refractivity contribution < 1.29 is 22.3 Å². The molecule has 4 nitrogen and oxygen atoms in total. The minimum atomic E-state index is -3.12. The maximum atomic E-state index is 13.2. The van der Waals surface area contributed by atoms with Crippen molar-refractivity contribution in [2.45, 2.75) is 32.9 Å². The van der Waals surface area contributed by atoms with Crippen LogP contribution in [-0.2, 0) is 9.84 Å². The number of aliphatic hydroxyl groups excluding tert-OH is 1. The zero-order chi connectivity index (χ0) is 16.9. The molecular weight excluding hydrogens is 312 g/mol. The molecule has 22 heavy (non-hydrogen) atoms. The average molecular weight is 335 g/mol. The largest absolute Gasteiger partial charge is 0.387 e. The normalized spacial score (nSPS) is 15.0. The molecule has 0 heterocycles. The van der Waals surface area contributed by atoms with E-state index in [9.17, 15) is 22.3 Å². The first-order valence-corrected chi connectivity index (χ1v) is 9.09. The first kappa shape index (κ1) is 19.0. The van der Waals surface area contributed by atoms with Gasteiger partial charge in [0.25, 0.3) is 0 Å². The van der Waals surface area contributed by atoms with Gasteiger partial charge in [-0.1, -0.05) is 19.9 Å². The van der Waals surface area contributed by atoms with Crippen molar-refractivity contribution in [1.29, 1.82) is 0 Å². The molecule has 1 aromatic carbocycles. The van der Waals surface area contributed by atoms with E-state index in [-0.39, 0.29) is 29.7 Å². The van der Waals surface area contributed by atoms with E-state index in [0.717, 1.165) is 12.1 Å². The van der Waals surface area contributed by atoms with E-state index in [4.69, 9.17) is 0 Å². The van der Waals surface area contributed by atoms with Crippen LogP contribution in [0.3, 0.4) is 0 Å². The second kappa shape index (κ2) is 7.99. The fourth-order valence-corrected chi connectivity index (χ4v) is 3.44. The Bertz CT molecular complexity index is 592. The van der Waals surface area contributed by atoms with Crippen molar-refractivity contribution in [2.24, 2.45) is 0 Å². The van der Waals surface area contributed by atoms with E-state index in [0.29, 0.717) is 6.54 Å². The summed E-state index contributed by atoms with van der Waals surface area (Å²) in [5.74, 6) is -1.91. The summed E-state index contributed by atoms with van der Waals surface area (Å²) in [4.78, 5) is 1.80. The van der Waals surface area contributed by atoms with Crippen LogP contribution in [0.2, 0.25) is 0 Å². The van der Waals surface area contributed by atoms with Gasteiger partial charge in [-0.2, -0.15) is 0 Å². The van der Waals surface area contributed by atoms with Crippen LogP contribution < -0.4 is 0 Å². The number of benzene rings is 1. The molecule has 0 aliphatic heterocycles. The quantitative estimate of drug-likeness (QED) is 0.791. The summed E-state index contributed by atoms with van der Waals surface area (Å²) >= 11 is 0. The number of likely N-dealkylation sites (N-methyl/N-ethyl adjacent to an activating group) is 1. The molecule has 0 radical (unpaired) electrons. The third kappa shape index (κ3) is 5.30. The van der Waals surface area contributed by atoms with E-state index in [2.05, 4.69) is 0 Å². The molecule has 0 amide bonds. The minimum Gasteiger partial charge on any atom is -0.387 e. The Morgan fingerprint density at radius 1 is 1.23 bits per heavy atom. The van der Waals surface area contributed by atoms with Crippen LogP contribution in [-0.4, -0.2) is 49.1 Å². The number of rotatable bonds is 8. The summed E-state index contributed by atoms with van der Waals surface area (Å²) < 4.78 is 49.5. The van der Waals surface area contributed by atoms with E-state index in [1.165, 1.54) is 6.07 Å². The molecule has 7 heteroatoms. The lowest BCUT2D eigenvalue weighted by Gasteiger charge is -2.29. The second-order valence-corrected chi connectivity index (χ2v) is 7.72. The number of hydrogen-bond donors (Lipinski definition) is 1. The lowest BCUT2D eigenvalue weighted by Crippen LogP contribution is -2.40. The Labute approximate surface area is 130 Å². The highest BCUT2D eigenvalue weighted by Crippen LogP contribution is 2.18.